The first-order valence-corrected chi connectivity index (χ1v) is 9.31. The smallest absolute Gasteiger partial charge is 0.151 e. The Labute approximate surface area is 158 Å². The number of phenols is 1. The summed E-state index contributed by atoms with van der Waals surface area (Å²) in [6.07, 6.45) is 1.30. The van der Waals surface area contributed by atoms with E-state index in [-0.39, 0.29) is 11.9 Å². The van der Waals surface area contributed by atoms with E-state index in [4.69, 9.17) is 16.3 Å². The van der Waals surface area contributed by atoms with Gasteiger partial charge in [0.15, 0.2) is 5.82 Å². The van der Waals surface area contributed by atoms with Gasteiger partial charge >= 0.3 is 0 Å². The number of aromatic hydroxyl groups is 1. The van der Waals surface area contributed by atoms with Crippen LogP contribution in [0.5, 0.6) is 5.75 Å². The summed E-state index contributed by atoms with van der Waals surface area (Å²) in [5.41, 5.74) is 2.19. The number of likely N-dealkylation sites (tertiary alicyclic amines) is 1. The molecule has 1 N–H and O–H groups in total. The molecule has 0 saturated carbocycles. The lowest BCUT2D eigenvalue weighted by Gasteiger charge is -2.46. The molecule has 26 heavy (non-hydrogen) atoms. The second kappa shape index (κ2) is 7.02. The van der Waals surface area contributed by atoms with Crippen LogP contribution in [0.25, 0.3) is 11.3 Å². The standard InChI is InChI=1S/C19H23ClN4O2/c1-12-9-13(20)10-16(25)19(12)14-3-4-18(22-21-14)24-7-8-26-17-5-6-23(2)11-15(17)24/h3-4,9-10,15,17,25H,5-8,11H2,1-2H3/t15-,17+/m0/s1. The number of anilines is 1. The van der Waals surface area contributed by atoms with Gasteiger partial charge in [0.1, 0.15) is 5.75 Å². The van der Waals surface area contributed by atoms with Crippen LogP contribution in [0.1, 0.15) is 12.0 Å². The topological polar surface area (TPSA) is 61.7 Å². The fraction of sp³-hybridized carbons (Fsp3) is 0.474. The first kappa shape index (κ1) is 17.5. The quantitative estimate of drug-likeness (QED) is 0.872. The highest BCUT2D eigenvalue weighted by Gasteiger charge is 2.36. The number of hydrogen-bond acceptors (Lipinski definition) is 6. The van der Waals surface area contributed by atoms with E-state index in [2.05, 4.69) is 27.0 Å². The number of halogens is 1. The highest BCUT2D eigenvalue weighted by Crippen LogP contribution is 2.34. The lowest BCUT2D eigenvalue weighted by Crippen LogP contribution is -2.59. The molecule has 0 aliphatic carbocycles. The van der Waals surface area contributed by atoms with Crippen molar-refractivity contribution in [1.29, 1.82) is 0 Å². The van der Waals surface area contributed by atoms with Gasteiger partial charge in [0.25, 0.3) is 0 Å². The largest absolute Gasteiger partial charge is 0.507 e. The molecule has 1 aromatic heterocycles. The zero-order valence-electron chi connectivity index (χ0n) is 15.0. The molecule has 2 aliphatic rings. The third-order valence-corrected chi connectivity index (χ3v) is 5.49. The van der Waals surface area contributed by atoms with Crippen LogP contribution < -0.4 is 4.90 Å². The predicted molar refractivity (Wildman–Crippen MR) is 102 cm³/mol. The van der Waals surface area contributed by atoms with Crippen LogP contribution in [0.15, 0.2) is 24.3 Å². The monoisotopic (exact) mass is 374 g/mol. The van der Waals surface area contributed by atoms with Crippen molar-refractivity contribution in [2.24, 2.45) is 0 Å². The van der Waals surface area contributed by atoms with E-state index >= 15 is 0 Å². The molecule has 7 heteroatoms. The van der Waals surface area contributed by atoms with Crippen molar-refractivity contribution in [2.75, 3.05) is 38.2 Å². The summed E-state index contributed by atoms with van der Waals surface area (Å²) >= 11 is 5.99. The number of benzene rings is 1. The molecule has 1 aromatic carbocycles. The van der Waals surface area contributed by atoms with Crippen molar-refractivity contribution in [3.05, 3.63) is 34.9 Å². The number of likely N-dealkylation sites (N-methyl/N-ethyl adjacent to an activating group) is 1. The van der Waals surface area contributed by atoms with E-state index < -0.39 is 0 Å². The van der Waals surface area contributed by atoms with Gasteiger partial charge in [-0.25, -0.2) is 0 Å². The summed E-state index contributed by atoms with van der Waals surface area (Å²) in [6, 6.07) is 7.54. The number of ether oxygens (including phenoxy) is 1. The van der Waals surface area contributed by atoms with E-state index in [9.17, 15) is 5.11 Å². The Kier molecular flexibility index (Phi) is 4.73. The van der Waals surface area contributed by atoms with Gasteiger partial charge < -0.3 is 19.6 Å². The summed E-state index contributed by atoms with van der Waals surface area (Å²) < 4.78 is 5.96. The number of nitrogens with zero attached hydrogens (tertiary/aromatic N) is 4. The Morgan fingerprint density at radius 1 is 1.23 bits per heavy atom. The molecule has 0 radical (unpaired) electrons. The molecule has 2 atom stereocenters. The maximum Gasteiger partial charge on any atom is 0.151 e. The number of rotatable bonds is 2. The second-order valence-corrected chi connectivity index (χ2v) is 7.55. The zero-order valence-corrected chi connectivity index (χ0v) is 15.8. The SMILES string of the molecule is Cc1cc(Cl)cc(O)c1-c1ccc(N2CCO[C@@H]3CCN(C)C[C@@H]32)nn1. The molecular weight excluding hydrogens is 352 g/mol. The van der Waals surface area contributed by atoms with E-state index in [0.717, 1.165) is 37.4 Å². The van der Waals surface area contributed by atoms with Crippen LogP contribution >= 0.6 is 11.6 Å². The van der Waals surface area contributed by atoms with Crippen molar-refractivity contribution in [1.82, 2.24) is 15.1 Å². The molecule has 0 bridgehead atoms. The van der Waals surface area contributed by atoms with Crippen molar-refractivity contribution in [3.8, 4) is 17.0 Å². The Hall–Kier alpha value is -1.89. The molecule has 0 spiro atoms. The fourth-order valence-corrected chi connectivity index (χ4v) is 4.25. The average molecular weight is 375 g/mol. The molecule has 6 nitrogen and oxygen atoms in total. The molecule has 2 aromatic rings. The first-order chi connectivity index (χ1) is 12.5. The highest BCUT2D eigenvalue weighted by molar-refractivity contribution is 6.31. The molecule has 0 amide bonds. The van der Waals surface area contributed by atoms with Gasteiger partial charge in [-0.1, -0.05) is 11.6 Å². The lowest BCUT2D eigenvalue weighted by molar-refractivity contribution is -0.0246. The summed E-state index contributed by atoms with van der Waals surface area (Å²) in [5.74, 6) is 0.978. The van der Waals surface area contributed by atoms with Crippen molar-refractivity contribution in [2.45, 2.75) is 25.5 Å². The average Bonchev–Trinajstić information content (AvgIpc) is 2.61. The van der Waals surface area contributed by atoms with Crippen molar-refractivity contribution >= 4 is 17.4 Å². The summed E-state index contributed by atoms with van der Waals surface area (Å²) in [5, 5.41) is 19.6. The predicted octanol–water partition coefficient (Wildman–Crippen LogP) is 2.72. The molecule has 2 saturated heterocycles. The Morgan fingerprint density at radius 2 is 2.08 bits per heavy atom. The van der Waals surface area contributed by atoms with Crippen LogP contribution in [-0.4, -0.2) is 65.6 Å². The van der Waals surface area contributed by atoms with E-state index in [1.165, 1.54) is 6.07 Å². The molecule has 0 unspecified atom stereocenters. The minimum Gasteiger partial charge on any atom is -0.507 e. The van der Waals surface area contributed by atoms with Crippen molar-refractivity contribution < 1.29 is 9.84 Å². The number of fused-ring (bicyclic) bond motifs is 1. The molecule has 2 aliphatic heterocycles. The Bertz CT molecular complexity index is 776. The lowest BCUT2D eigenvalue weighted by atomic mass is 9.99. The van der Waals surface area contributed by atoms with Gasteiger partial charge in [-0.2, -0.15) is 0 Å². The zero-order chi connectivity index (χ0) is 18.3. The molecule has 3 heterocycles. The van der Waals surface area contributed by atoms with E-state index in [1.54, 1.807) is 0 Å². The van der Waals surface area contributed by atoms with Crippen LogP contribution in [0.4, 0.5) is 5.82 Å². The van der Waals surface area contributed by atoms with Gasteiger partial charge in [-0.15, -0.1) is 10.2 Å². The number of morpholine rings is 1. The second-order valence-electron chi connectivity index (χ2n) is 7.11. The first-order valence-electron chi connectivity index (χ1n) is 8.93. The van der Waals surface area contributed by atoms with Crippen LogP contribution in [-0.2, 0) is 4.74 Å². The maximum absolute atomic E-state index is 10.2. The number of aryl methyl sites for hydroxylation is 1. The van der Waals surface area contributed by atoms with Crippen LogP contribution in [0.3, 0.4) is 0 Å². The third kappa shape index (κ3) is 3.24. The van der Waals surface area contributed by atoms with Crippen LogP contribution in [0.2, 0.25) is 5.02 Å². The number of phenolic OH excluding ortho intramolecular Hbond substituents is 1. The van der Waals surface area contributed by atoms with Gasteiger partial charge in [0, 0.05) is 30.2 Å². The van der Waals surface area contributed by atoms with Crippen LogP contribution in [0, 0.1) is 6.92 Å². The van der Waals surface area contributed by atoms with Crippen molar-refractivity contribution in [3.63, 3.8) is 0 Å². The Morgan fingerprint density at radius 3 is 2.81 bits per heavy atom. The Balaban J connectivity index is 1.62. The minimum atomic E-state index is 0.123. The molecule has 4 rings (SSSR count). The number of piperidine rings is 1. The molecule has 2 fully saturated rings. The summed E-state index contributed by atoms with van der Waals surface area (Å²) in [4.78, 5) is 4.63. The summed E-state index contributed by atoms with van der Waals surface area (Å²) in [6.45, 7) is 5.46. The molecular formula is C19H23ClN4O2. The highest BCUT2D eigenvalue weighted by atomic mass is 35.5. The molecule has 138 valence electrons. The maximum atomic E-state index is 10.2. The minimum absolute atomic E-state index is 0.123. The van der Waals surface area contributed by atoms with Gasteiger partial charge in [0.2, 0.25) is 0 Å². The summed E-state index contributed by atoms with van der Waals surface area (Å²) in [7, 11) is 2.14. The third-order valence-electron chi connectivity index (χ3n) is 5.27. The van der Waals surface area contributed by atoms with Gasteiger partial charge in [0.05, 0.1) is 24.4 Å². The number of aromatic nitrogens is 2. The van der Waals surface area contributed by atoms with E-state index in [0.29, 0.717) is 28.9 Å². The van der Waals surface area contributed by atoms with Gasteiger partial charge in [-0.3, -0.25) is 0 Å². The fourth-order valence-electron chi connectivity index (χ4n) is 3.98. The number of hydrogen-bond donors (Lipinski definition) is 1. The van der Waals surface area contributed by atoms with E-state index in [1.807, 2.05) is 25.1 Å². The normalized spacial score (nSPS) is 23.7. The van der Waals surface area contributed by atoms with Gasteiger partial charge in [-0.05, 0) is 50.2 Å².